The van der Waals surface area contributed by atoms with E-state index in [2.05, 4.69) is 67.0 Å². The molecule has 20 heavy (non-hydrogen) atoms. The van der Waals surface area contributed by atoms with E-state index < -0.39 is 0 Å². The summed E-state index contributed by atoms with van der Waals surface area (Å²) in [5, 5.41) is 0. The maximum atomic E-state index is 5.47. The summed E-state index contributed by atoms with van der Waals surface area (Å²) < 4.78 is 5.47. The summed E-state index contributed by atoms with van der Waals surface area (Å²) in [6, 6.07) is 13.0. The van der Waals surface area contributed by atoms with Crippen molar-refractivity contribution < 1.29 is 4.74 Å². The molecule has 0 bridgehead atoms. The maximum absolute atomic E-state index is 5.47. The molecule has 0 saturated heterocycles. The summed E-state index contributed by atoms with van der Waals surface area (Å²) >= 11 is 3.81. The van der Waals surface area contributed by atoms with Gasteiger partial charge in [-0.05, 0) is 49.9 Å². The first-order valence-corrected chi connectivity index (χ1v) is 7.77. The monoisotopic (exact) mass is 332 g/mol. The predicted octanol–water partition coefficient (Wildman–Crippen LogP) is 5.30. The first kappa shape index (κ1) is 15.1. The van der Waals surface area contributed by atoms with Gasteiger partial charge in [-0.3, -0.25) is 0 Å². The largest absolute Gasteiger partial charge is 0.496 e. The first-order chi connectivity index (χ1) is 9.51. The molecule has 2 aromatic rings. The van der Waals surface area contributed by atoms with Crippen molar-refractivity contribution in [2.24, 2.45) is 0 Å². The molecule has 2 rings (SSSR count). The van der Waals surface area contributed by atoms with Crippen LogP contribution in [-0.2, 0) is 6.42 Å². The summed E-state index contributed by atoms with van der Waals surface area (Å²) in [4.78, 5) is 0.263. The second-order valence-corrected chi connectivity index (χ2v) is 6.44. The number of rotatable bonds is 4. The minimum atomic E-state index is 0.263. The first-order valence-electron chi connectivity index (χ1n) is 6.86. The van der Waals surface area contributed by atoms with Crippen LogP contribution in [0, 0.1) is 20.8 Å². The molecule has 0 aromatic heterocycles. The molecule has 2 aromatic carbocycles. The number of benzene rings is 2. The van der Waals surface area contributed by atoms with E-state index in [-0.39, 0.29) is 4.83 Å². The summed E-state index contributed by atoms with van der Waals surface area (Å²) in [5.74, 6) is 0.946. The highest BCUT2D eigenvalue weighted by Gasteiger charge is 2.14. The van der Waals surface area contributed by atoms with Crippen LogP contribution < -0.4 is 4.74 Å². The van der Waals surface area contributed by atoms with E-state index in [0.29, 0.717) is 0 Å². The average molecular weight is 333 g/mol. The van der Waals surface area contributed by atoms with Crippen molar-refractivity contribution in [3.05, 3.63) is 64.2 Å². The van der Waals surface area contributed by atoms with Crippen LogP contribution in [0.2, 0.25) is 0 Å². The van der Waals surface area contributed by atoms with Crippen molar-refractivity contribution in [1.29, 1.82) is 0 Å². The van der Waals surface area contributed by atoms with Gasteiger partial charge >= 0.3 is 0 Å². The lowest BCUT2D eigenvalue weighted by Crippen LogP contribution is -2.00. The van der Waals surface area contributed by atoms with Crippen molar-refractivity contribution in [3.63, 3.8) is 0 Å². The minimum Gasteiger partial charge on any atom is -0.496 e. The molecule has 0 aliphatic heterocycles. The van der Waals surface area contributed by atoms with Gasteiger partial charge in [-0.1, -0.05) is 51.8 Å². The van der Waals surface area contributed by atoms with E-state index in [1.54, 1.807) is 7.11 Å². The zero-order valence-corrected chi connectivity index (χ0v) is 14.1. The van der Waals surface area contributed by atoms with Crippen LogP contribution in [0.15, 0.2) is 36.4 Å². The summed E-state index contributed by atoms with van der Waals surface area (Å²) in [6.45, 7) is 6.42. The molecule has 0 amide bonds. The molecule has 106 valence electrons. The molecule has 0 N–H and O–H groups in total. The van der Waals surface area contributed by atoms with Crippen molar-refractivity contribution >= 4 is 15.9 Å². The van der Waals surface area contributed by atoms with E-state index in [4.69, 9.17) is 4.74 Å². The van der Waals surface area contributed by atoms with Gasteiger partial charge in [0.1, 0.15) is 5.75 Å². The maximum Gasteiger partial charge on any atom is 0.123 e. The quantitative estimate of drug-likeness (QED) is 0.690. The Hall–Kier alpha value is -1.28. The fourth-order valence-electron chi connectivity index (χ4n) is 2.35. The topological polar surface area (TPSA) is 9.23 Å². The third kappa shape index (κ3) is 3.43. The van der Waals surface area contributed by atoms with Gasteiger partial charge in [0.05, 0.1) is 7.11 Å². The van der Waals surface area contributed by atoms with Gasteiger partial charge in [-0.25, -0.2) is 0 Å². The molecule has 1 atom stereocenters. The molecule has 1 unspecified atom stereocenters. The highest BCUT2D eigenvalue weighted by atomic mass is 79.9. The Kier molecular flexibility index (Phi) is 4.87. The Balaban J connectivity index is 2.25. The van der Waals surface area contributed by atoms with Crippen molar-refractivity contribution in [2.45, 2.75) is 32.0 Å². The van der Waals surface area contributed by atoms with Crippen LogP contribution in [-0.4, -0.2) is 7.11 Å². The van der Waals surface area contributed by atoms with Gasteiger partial charge in [0.15, 0.2) is 0 Å². The second kappa shape index (κ2) is 6.45. The molecule has 2 heteroatoms. The van der Waals surface area contributed by atoms with Gasteiger partial charge < -0.3 is 4.74 Å². The highest BCUT2D eigenvalue weighted by molar-refractivity contribution is 9.09. The number of hydrogen-bond donors (Lipinski definition) is 0. The molecule has 0 spiro atoms. The lowest BCUT2D eigenvalue weighted by atomic mass is 9.99. The molecular weight excluding hydrogens is 312 g/mol. The van der Waals surface area contributed by atoms with E-state index in [1.165, 1.54) is 27.8 Å². The van der Waals surface area contributed by atoms with Gasteiger partial charge in [-0.15, -0.1) is 0 Å². The lowest BCUT2D eigenvalue weighted by Gasteiger charge is -2.16. The van der Waals surface area contributed by atoms with Crippen molar-refractivity contribution in [3.8, 4) is 5.75 Å². The molecule has 0 heterocycles. The number of aryl methyl sites for hydroxylation is 3. The van der Waals surface area contributed by atoms with Crippen LogP contribution >= 0.6 is 15.9 Å². The molecular formula is C18H21BrO. The number of halogens is 1. The number of ether oxygens (including phenoxy) is 1. The lowest BCUT2D eigenvalue weighted by molar-refractivity contribution is 0.409. The zero-order valence-electron chi connectivity index (χ0n) is 12.5. The smallest absolute Gasteiger partial charge is 0.123 e. The van der Waals surface area contributed by atoms with Gasteiger partial charge in [0, 0.05) is 10.4 Å². The van der Waals surface area contributed by atoms with Crippen LogP contribution in [0.5, 0.6) is 5.75 Å². The average Bonchev–Trinajstić information content (AvgIpc) is 2.43. The van der Waals surface area contributed by atoms with Crippen LogP contribution in [0.25, 0.3) is 0 Å². The molecule has 0 saturated carbocycles. The summed E-state index contributed by atoms with van der Waals surface area (Å²) in [5.41, 5.74) is 6.50. The second-order valence-electron chi connectivity index (χ2n) is 5.34. The van der Waals surface area contributed by atoms with E-state index >= 15 is 0 Å². The Morgan fingerprint density at radius 2 is 1.75 bits per heavy atom. The number of methoxy groups -OCH3 is 1. The summed E-state index contributed by atoms with van der Waals surface area (Å²) in [7, 11) is 1.73. The number of hydrogen-bond acceptors (Lipinski definition) is 1. The van der Waals surface area contributed by atoms with Gasteiger partial charge in [-0.2, -0.15) is 0 Å². The summed E-state index contributed by atoms with van der Waals surface area (Å²) in [6.07, 6.45) is 0.959. The van der Waals surface area contributed by atoms with Crippen LogP contribution in [0.4, 0.5) is 0 Å². The fraction of sp³-hybridized carbons (Fsp3) is 0.333. The SMILES string of the molecule is COc1ccc(C)cc1C(Br)Cc1ccc(C)c(C)c1. The molecule has 0 aliphatic carbocycles. The normalized spacial score (nSPS) is 12.2. The molecule has 0 radical (unpaired) electrons. The van der Waals surface area contributed by atoms with Gasteiger partial charge in [0.2, 0.25) is 0 Å². The third-order valence-electron chi connectivity index (χ3n) is 3.71. The van der Waals surface area contributed by atoms with Crippen molar-refractivity contribution in [2.75, 3.05) is 7.11 Å². The third-order valence-corrected chi connectivity index (χ3v) is 4.53. The van der Waals surface area contributed by atoms with Crippen LogP contribution in [0.1, 0.15) is 32.6 Å². The predicted molar refractivity (Wildman–Crippen MR) is 89.0 cm³/mol. The Labute approximate surface area is 130 Å². The Bertz CT molecular complexity index is 604. The highest BCUT2D eigenvalue weighted by Crippen LogP contribution is 2.34. The van der Waals surface area contributed by atoms with Crippen molar-refractivity contribution in [1.82, 2.24) is 0 Å². The van der Waals surface area contributed by atoms with E-state index in [9.17, 15) is 0 Å². The molecule has 1 nitrogen and oxygen atoms in total. The number of alkyl halides is 1. The minimum absolute atomic E-state index is 0.263. The zero-order chi connectivity index (χ0) is 14.7. The Morgan fingerprint density at radius 1 is 1.00 bits per heavy atom. The van der Waals surface area contributed by atoms with Crippen LogP contribution in [0.3, 0.4) is 0 Å². The van der Waals surface area contributed by atoms with E-state index in [0.717, 1.165) is 12.2 Å². The molecule has 0 aliphatic rings. The fourth-order valence-corrected chi connectivity index (χ4v) is 3.08. The van der Waals surface area contributed by atoms with E-state index in [1.807, 2.05) is 6.07 Å². The Morgan fingerprint density at radius 3 is 2.40 bits per heavy atom. The standard InChI is InChI=1S/C18H21BrO/c1-12-5-8-18(20-4)16(9-12)17(19)11-15-7-6-13(2)14(3)10-15/h5-10,17H,11H2,1-4H3. The van der Waals surface area contributed by atoms with Gasteiger partial charge in [0.25, 0.3) is 0 Å². The molecule has 0 fully saturated rings.